The third-order valence-corrected chi connectivity index (χ3v) is 3.50. The molecule has 0 aliphatic heterocycles. The highest BCUT2D eigenvalue weighted by atomic mass is 16.6. The van der Waals surface area contributed by atoms with E-state index in [0.29, 0.717) is 11.1 Å². The van der Waals surface area contributed by atoms with Gasteiger partial charge in [-0.25, -0.2) is 4.79 Å². The third-order valence-electron chi connectivity index (χ3n) is 3.50. The van der Waals surface area contributed by atoms with Crippen LogP contribution < -0.4 is 0 Å². The number of carbonyl (C=O) groups is 1. The van der Waals surface area contributed by atoms with Gasteiger partial charge in [-0.3, -0.25) is 10.1 Å². The average Bonchev–Trinajstić information content (AvgIpc) is 2.52. The molecule has 5 nitrogen and oxygen atoms in total. The monoisotopic (exact) mass is 313 g/mol. The zero-order chi connectivity index (χ0) is 17.0. The van der Waals surface area contributed by atoms with Crippen LogP contribution in [0.3, 0.4) is 0 Å². The van der Waals surface area contributed by atoms with Gasteiger partial charge >= 0.3 is 5.97 Å². The molecule has 2 aromatic carbocycles. The molecule has 0 bridgehead atoms. The van der Waals surface area contributed by atoms with Crippen molar-refractivity contribution < 1.29 is 14.5 Å². The van der Waals surface area contributed by atoms with Crippen molar-refractivity contribution in [1.82, 2.24) is 0 Å². The van der Waals surface area contributed by atoms with Crippen LogP contribution in [0.5, 0.6) is 0 Å². The summed E-state index contributed by atoms with van der Waals surface area (Å²) in [5, 5.41) is 10.6. The van der Waals surface area contributed by atoms with Crippen LogP contribution in [0.2, 0.25) is 0 Å². The third kappa shape index (κ3) is 4.39. The van der Waals surface area contributed by atoms with Crippen LogP contribution in [0.1, 0.15) is 42.3 Å². The molecule has 0 aliphatic rings. The highest BCUT2D eigenvalue weighted by molar-refractivity contribution is 5.89. The first-order chi connectivity index (χ1) is 10.8. The van der Waals surface area contributed by atoms with Crippen molar-refractivity contribution in [3.8, 4) is 0 Å². The standard InChI is InChI=1S/C18H19NO4/c1-18(2,3)15-8-6-14(7-9-15)17(20)23-12-13-4-10-16(11-5-13)19(21)22/h4-11H,12H2,1-3H3. The van der Waals surface area contributed by atoms with Gasteiger partial charge in [0.05, 0.1) is 10.5 Å². The fourth-order valence-corrected chi connectivity index (χ4v) is 2.05. The number of rotatable bonds is 4. The molecule has 2 rings (SSSR count). The van der Waals surface area contributed by atoms with Crippen LogP contribution in [0, 0.1) is 10.1 Å². The number of hydrogen-bond donors (Lipinski definition) is 0. The summed E-state index contributed by atoms with van der Waals surface area (Å²) in [6.07, 6.45) is 0. The molecule has 0 saturated carbocycles. The minimum absolute atomic E-state index is 0.0119. The Hall–Kier alpha value is -2.69. The number of carbonyl (C=O) groups excluding carboxylic acids is 1. The summed E-state index contributed by atoms with van der Waals surface area (Å²) in [5.74, 6) is -0.413. The maximum absolute atomic E-state index is 12.0. The predicted octanol–water partition coefficient (Wildman–Crippen LogP) is 4.25. The Morgan fingerprint density at radius 1 is 1.04 bits per heavy atom. The topological polar surface area (TPSA) is 69.4 Å². The molecule has 0 radical (unpaired) electrons. The normalized spacial score (nSPS) is 11.1. The molecule has 0 heterocycles. The van der Waals surface area contributed by atoms with Gasteiger partial charge in [-0.2, -0.15) is 0 Å². The molecule has 0 atom stereocenters. The van der Waals surface area contributed by atoms with E-state index in [9.17, 15) is 14.9 Å². The number of nitro groups is 1. The predicted molar refractivity (Wildman–Crippen MR) is 87.4 cm³/mol. The Labute approximate surface area is 135 Å². The molecule has 120 valence electrons. The van der Waals surface area contributed by atoms with Gasteiger partial charge in [-0.15, -0.1) is 0 Å². The van der Waals surface area contributed by atoms with Crippen LogP contribution in [-0.4, -0.2) is 10.9 Å². The van der Waals surface area contributed by atoms with E-state index in [2.05, 4.69) is 20.8 Å². The van der Waals surface area contributed by atoms with E-state index >= 15 is 0 Å². The first-order valence-corrected chi connectivity index (χ1v) is 7.28. The lowest BCUT2D eigenvalue weighted by Gasteiger charge is -2.18. The molecule has 0 aromatic heterocycles. The Morgan fingerprint density at radius 3 is 2.09 bits per heavy atom. The molecule has 0 fully saturated rings. The van der Waals surface area contributed by atoms with Crippen LogP contribution >= 0.6 is 0 Å². The van der Waals surface area contributed by atoms with E-state index in [4.69, 9.17) is 4.74 Å². The smallest absolute Gasteiger partial charge is 0.338 e. The summed E-state index contributed by atoms with van der Waals surface area (Å²) in [7, 11) is 0. The molecule has 0 spiro atoms. The fraction of sp³-hybridized carbons (Fsp3) is 0.278. The number of nitro benzene ring substituents is 1. The maximum atomic E-state index is 12.0. The van der Waals surface area contributed by atoms with Crippen molar-refractivity contribution >= 4 is 11.7 Å². The van der Waals surface area contributed by atoms with Gasteiger partial charge in [0.2, 0.25) is 0 Å². The van der Waals surface area contributed by atoms with E-state index in [-0.39, 0.29) is 17.7 Å². The van der Waals surface area contributed by atoms with Gasteiger partial charge < -0.3 is 4.74 Å². The average molecular weight is 313 g/mol. The van der Waals surface area contributed by atoms with Gasteiger partial charge in [0.25, 0.3) is 5.69 Å². The summed E-state index contributed by atoms with van der Waals surface area (Å²) in [4.78, 5) is 22.1. The van der Waals surface area contributed by atoms with E-state index < -0.39 is 10.9 Å². The van der Waals surface area contributed by atoms with E-state index in [0.717, 1.165) is 5.56 Å². The number of hydrogen-bond acceptors (Lipinski definition) is 4. The number of ether oxygens (including phenoxy) is 1. The fourth-order valence-electron chi connectivity index (χ4n) is 2.05. The molecular formula is C18H19NO4. The Kier molecular flexibility index (Phi) is 4.79. The van der Waals surface area contributed by atoms with E-state index in [1.165, 1.54) is 12.1 Å². The summed E-state index contributed by atoms with van der Waals surface area (Å²) >= 11 is 0. The molecule has 0 amide bonds. The van der Waals surface area contributed by atoms with Crippen LogP contribution in [0.25, 0.3) is 0 Å². The molecule has 0 saturated heterocycles. The highest BCUT2D eigenvalue weighted by Crippen LogP contribution is 2.22. The zero-order valence-corrected chi connectivity index (χ0v) is 13.4. The van der Waals surface area contributed by atoms with Gasteiger partial charge in [-0.05, 0) is 40.8 Å². The minimum atomic E-state index is -0.466. The van der Waals surface area contributed by atoms with Gasteiger partial charge in [0.15, 0.2) is 0 Å². The van der Waals surface area contributed by atoms with Gasteiger partial charge in [0, 0.05) is 12.1 Å². The first kappa shape index (κ1) is 16.7. The van der Waals surface area contributed by atoms with Crippen LogP contribution in [-0.2, 0) is 16.8 Å². The number of non-ortho nitro benzene ring substituents is 1. The zero-order valence-electron chi connectivity index (χ0n) is 13.4. The minimum Gasteiger partial charge on any atom is -0.457 e. The second kappa shape index (κ2) is 6.60. The van der Waals surface area contributed by atoms with E-state index in [1.54, 1.807) is 24.3 Å². The van der Waals surface area contributed by atoms with Gasteiger partial charge in [0.1, 0.15) is 6.61 Å². The molecular weight excluding hydrogens is 294 g/mol. The summed E-state index contributed by atoms with van der Waals surface area (Å²) in [6, 6.07) is 13.3. The lowest BCUT2D eigenvalue weighted by atomic mass is 9.87. The molecule has 5 heteroatoms. The maximum Gasteiger partial charge on any atom is 0.338 e. The lowest BCUT2D eigenvalue weighted by Crippen LogP contribution is -2.12. The molecule has 0 aliphatic carbocycles. The Morgan fingerprint density at radius 2 is 1.61 bits per heavy atom. The number of benzene rings is 2. The highest BCUT2D eigenvalue weighted by Gasteiger charge is 2.15. The van der Waals surface area contributed by atoms with Crippen LogP contribution in [0.4, 0.5) is 5.69 Å². The quantitative estimate of drug-likeness (QED) is 0.480. The van der Waals surface area contributed by atoms with E-state index in [1.807, 2.05) is 12.1 Å². The van der Waals surface area contributed by atoms with Crippen LogP contribution in [0.15, 0.2) is 48.5 Å². The molecule has 2 aromatic rings. The summed E-state index contributed by atoms with van der Waals surface area (Å²) in [5.41, 5.74) is 2.37. The second-order valence-corrected chi connectivity index (χ2v) is 6.33. The molecule has 0 N–H and O–H groups in total. The van der Waals surface area contributed by atoms with Crippen molar-refractivity contribution in [2.24, 2.45) is 0 Å². The Bertz CT molecular complexity index is 697. The van der Waals surface area contributed by atoms with Gasteiger partial charge in [-0.1, -0.05) is 32.9 Å². The van der Waals surface area contributed by atoms with Crippen molar-refractivity contribution in [3.63, 3.8) is 0 Å². The largest absolute Gasteiger partial charge is 0.457 e. The number of nitrogens with zero attached hydrogens (tertiary/aromatic N) is 1. The van der Waals surface area contributed by atoms with Crippen molar-refractivity contribution in [1.29, 1.82) is 0 Å². The van der Waals surface area contributed by atoms with Crippen molar-refractivity contribution in [2.75, 3.05) is 0 Å². The molecule has 0 unspecified atom stereocenters. The van der Waals surface area contributed by atoms with Crippen molar-refractivity contribution in [2.45, 2.75) is 32.8 Å². The SMILES string of the molecule is CC(C)(C)c1ccc(C(=O)OCc2ccc([N+](=O)[O-])cc2)cc1. The number of esters is 1. The molecule has 23 heavy (non-hydrogen) atoms. The first-order valence-electron chi connectivity index (χ1n) is 7.28. The Balaban J connectivity index is 1.98. The summed E-state index contributed by atoms with van der Waals surface area (Å²) in [6.45, 7) is 6.40. The summed E-state index contributed by atoms with van der Waals surface area (Å²) < 4.78 is 5.23. The lowest BCUT2D eigenvalue weighted by molar-refractivity contribution is -0.384. The second-order valence-electron chi connectivity index (χ2n) is 6.33. The van der Waals surface area contributed by atoms with Crippen molar-refractivity contribution in [3.05, 3.63) is 75.3 Å².